The molecule has 0 aromatic heterocycles. The van der Waals surface area contributed by atoms with Gasteiger partial charge in [-0.25, -0.2) is 0 Å². The van der Waals surface area contributed by atoms with Gasteiger partial charge in [-0.05, 0) is 61.7 Å². The smallest absolute Gasteiger partial charge is 0.134 e. The Labute approximate surface area is 139 Å². The quantitative estimate of drug-likeness (QED) is 0.720. The van der Waals surface area contributed by atoms with Crippen LogP contribution in [0.5, 0.6) is 0 Å². The van der Waals surface area contributed by atoms with E-state index in [-0.39, 0.29) is 22.2 Å². The Morgan fingerprint density at radius 3 is 2.43 bits per heavy atom. The number of carbonyl (C=O) groups is 1. The van der Waals surface area contributed by atoms with E-state index < -0.39 is 11.7 Å². The van der Waals surface area contributed by atoms with Crippen molar-refractivity contribution >= 4 is 5.78 Å². The second-order valence-corrected chi connectivity index (χ2v) is 10.3. The summed E-state index contributed by atoms with van der Waals surface area (Å²) in [5.74, 6) is 1.33. The molecular weight excluding hydrogens is 288 g/mol. The molecule has 7 atom stereocenters. The summed E-state index contributed by atoms with van der Waals surface area (Å²) in [4.78, 5) is 12.6. The van der Waals surface area contributed by atoms with Crippen LogP contribution in [0.3, 0.4) is 0 Å². The van der Waals surface area contributed by atoms with E-state index in [4.69, 9.17) is 0 Å². The molecule has 0 unspecified atom stereocenters. The number of aliphatic hydroxyl groups excluding tert-OH is 1. The first-order valence-electron chi connectivity index (χ1n) is 9.47. The summed E-state index contributed by atoms with van der Waals surface area (Å²) in [5.41, 5.74) is -0.987. The monoisotopic (exact) mass is 320 g/mol. The number of hydrogen-bond acceptors (Lipinski definition) is 3. The molecule has 2 bridgehead atoms. The molecule has 0 aliphatic heterocycles. The highest BCUT2D eigenvalue weighted by atomic mass is 16.3. The topological polar surface area (TPSA) is 57.5 Å². The van der Waals surface area contributed by atoms with Crippen molar-refractivity contribution in [3.63, 3.8) is 0 Å². The zero-order valence-electron chi connectivity index (χ0n) is 15.1. The van der Waals surface area contributed by atoms with Crippen LogP contribution in [0.25, 0.3) is 0 Å². The third-order valence-corrected chi connectivity index (χ3v) is 8.82. The van der Waals surface area contributed by atoms with Gasteiger partial charge in [0, 0.05) is 24.2 Å². The van der Waals surface area contributed by atoms with Crippen molar-refractivity contribution in [2.45, 2.75) is 84.3 Å². The van der Waals surface area contributed by atoms with E-state index in [1.165, 1.54) is 6.42 Å². The van der Waals surface area contributed by atoms with Crippen molar-refractivity contribution in [2.24, 2.45) is 34.0 Å². The standard InChI is InChI=1S/C20H32O3/c1-17(2)10-13(21)11-18(3)15(17)6-5-12-9-14-16(22)20(12,18)8-7-19(14,4)23/h12,14-16,22-23H,5-11H2,1-4H3/t12-,14-,15-,16-,18-,19-,20-/m0/s1. The zero-order valence-corrected chi connectivity index (χ0v) is 15.1. The van der Waals surface area contributed by atoms with Crippen molar-refractivity contribution in [2.75, 3.05) is 0 Å². The van der Waals surface area contributed by atoms with Crippen LogP contribution in [0, 0.1) is 34.0 Å². The number of hydrogen-bond donors (Lipinski definition) is 2. The molecule has 4 aliphatic rings. The molecule has 3 heteroatoms. The number of carbonyl (C=O) groups excluding carboxylic acids is 1. The highest BCUT2D eigenvalue weighted by molar-refractivity contribution is 5.81. The lowest BCUT2D eigenvalue weighted by Gasteiger charge is -2.66. The van der Waals surface area contributed by atoms with Gasteiger partial charge in [0.05, 0.1) is 11.7 Å². The molecule has 4 fully saturated rings. The van der Waals surface area contributed by atoms with Crippen LogP contribution in [0.2, 0.25) is 0 Å². The van der Waals surface area contributed by atoms with Crippen molar-refractivity contribution < 1.29 is 15.0 Å². The van der Waals surface area contributed by atoms with Gasteiger partial charge in [-0.15, -0.1) is 0 Å². The van der Waals surface area contributed by atoms with Crippen LogP contribution in [0.1, 0.15) is 72.6 Å². The van der Waals surface area contributed by atoms with E-state index in [2.05, 4.69) is 20.8 Å². The van der Waals surface area contributed by atoms with Gasteiger partial charge in [0.2, 0.25) is 0 Å². The van der Waals surface area contributed by atoms with Gasteiger partial charge in [0.15, 0.2) is 0 Å². The van der Waals surface area contributed by atoms with E-state index in [0.29, 0.717) is 30.5 Å². The maximum absolute atomic E-state index is 12.6. The highest BCUT2D eigenvalue weighted by Crippen LogP contribution is 2.74. The lowest BCUT2D eigenvalue weighted by molar-refractivity contribution is -0.218. The molecule has 0 aromatic rings. The Balaban J connectivity index is 1.84. The molecule has 0 heterocycles. The third kappa shape index (κ3) is 1.76. The van der Waals surface area contributed by atoms with E-state index in [9.17, 15) is 15.0 Å². The summed E-state index contributed by atoms with van der Waals surface area (Å²) in [6, 6.07) is 0. The molecule has 2 N–H and O–H groups in total. The summed E-state index contributed by atoms with van der Waals surface area (Å²) < 4.78 is 0. The third-order valence-electron chi connectivity index (χ3n) is 8.82. The second kappa shape index (κ2) is 4.40. The van der Waals surface area contributed by atoms with Gasteiger partial charge >= 0.3 is 0 Å². The number of Topliss-reactive ketones (excluding diaryl/α,β-unsaturated/α-hetero) is 1. The molecule has 0 amide bonds. The number of ketones is 1. The fourth-order valence-corrected chi connectivity index (χ4v) is 7.96. The van der Waals surface area contributed by atoms with Crippen LogP contribution in [-0.4, -0.2) is 27.7 Å². The Hall–Kier alpha value is -0.410. The molecule has 0 aromatic carbocycles. The summed E-state index contributed by atoms with van der Waals surface area (Å²) >= 11 is 0. The minimum Gasteiger partial charge on any atom is -0.392 e. The van der Waals surface area contributed by atoms with Gasteiger partial charge in [-0.2, -0.15) is 0 Å². The van der Waals surface area contributed by atoms with Crippen molar-refractivity contribution in [1.82, 2.24) is 0 Å². The van der Waals surface area contributed by atoms with Crippen LogP contribution in [0.4, 0.5) is 0 Å². The summed E-state index contributed by atoms with van der Waals surface area (Å²) in [6.07, 6.45) is 5.76. The largest absolute Gasteiger partial charge is 0.392 e. The fraction of sp³-hybridized carbons (Fsp3) is 0.950. The molecule has 3 nitrogen and oxygen atoms in total. The van der Waals surface area contributed by atoms with Crippen molar-refractivity contribution in [3.05, 3.63) is 0 Å². The molecule has 23 heavy (non-hydrogen) atoms. The normalized spacial score (nSPS) is 57.7. The van der Waals surface area contributed by atoms with Crippen LogP contribution in [-0.2, 0) is 4.79 Å². The Morgan fingerprint density at radius 1 is 1.04 bits per heavy atom. The van der Waals surface area contributed by atoms with E-state index in [1.807, 2.05) is 6.92 Å². The van der Waals surface area contributed by atoms with Gasteiger partial charge in [-0.3, -0.25) is 4.79 Å². The number of rotatable bonds is 0. The molecule has 1 spiro atoms. The highest BCUT2D eigenvalue weighted by Gasteiger charge is 2.73. The van der Waals surface area contributed by atoms with Gasteiger partial charge in [-0.1, -0.05) is 20.8 Å². The minimum atomic E-state index is -0.748. The van der Waals surface area contributed by atoms with E-state index in [1.54, 1.807) is 0 Å². The molecule has 0 radical (unpaired) electrons. The van der Waals surface area contributed by atoms with E-state index >= 15 is 0 Å². The van der Waals surface area contributed by atoms with Gasteiger partial charge < -0.3 is 10.2 Å². The molecule has 4 saturated carbocycles. The molecule has 130 valence electrons. The average molecular weight is 320 g/mol. The summed E-state index contributed by atoms with van der Waals surface area (Å²) in [6.45, 7) is 8.71. The predicted molar refractivity (Wildman–Crippen MR) is 88.7 cm³/mol. The van der Waals surface area contributed by atoms with Crippen molar-refractivity contribution in [3.8, 4) is 0 Å². The fourth-order valence-electron chi connectivity index (χ4n) is 7.96. The maximum Gasteiger partial charge on any atom is 0.134 e. The Bertz CT molecular complexity index is 551. The first-order valence-corrected chi connectivity index (χ1v) is 9.47. The van der Waals surface area contributed by atoms with Gasteiger partial charge in [0.1, 0.15) is 5.78 Å². The summed E-state index contributed by atoms with van der Waals surface area (Å²) in [7, 11) is 0. The van der Waals surface area contributed by atoms with Gasteiger partial charge in [0.25, 0.3) is 0 Å². The maximum atomic E-state index is 12.6. The first kappa shape index (κ1) is 16.1. The molecule has 4 rings (SSSR count). The zero-order chi connectivity index (χ0) is 16.8. The molecule has 0 saturated heterocycles. The first-order chi connectivity index (χ1) is 10.5. The van der Waals surface area contributed by atoms with Crippen LogP contribution >= 0.6 is 0 Å². The number of aliphatic hydroxyl groups is 2. The number of fused-ring (bicyclic) bond motifs is 2. The summed E-state index contributed by atoms with van der Waals surface area (Å²) in [5, 5.41) is 22.1. The SMILES string of the molecule is CC1(C)CC(=O)C[C@@]2(C)[C@H]1CC[C@H]1C[C@H]3[C@H](O)[C@]12CC[C@]3(C)O. The van der Waals surface area contributed by atoms with Crippen LogP contribution in [0.15, 0.2) is 0 Å². The second-order valence-electron chi connectivity index (χ2n) is 10.3. The van der Waals surface area contributed by atoms with E-state index in [0.717, 1.165) is 25.7 Å². The molecule has 4 aliphatic carbocycles. The minimum absolute atomic E-state index is 0.0167. The van der Waals surface area contributed by atoms with Crippen molar-refractivity contribution in [1.29, 1.82) is 0 Å². The average Bonchev–Trinajstić information content (AvgIpc) is 2.62. The Kier molecular flexibility index (Phi) is 3.08. The molecular formula is C20H32O3. The lowest BCUT2D eigenvalue weighted by Crippen LogP contribution is -2.64. The van der Waals surface area contributed by atoms with Crippen LogP contribution < -0.4 is 0 Å². The predicted octanol–water partition coefficient (Wildman–Crippen LogP) is 3.32. The lowest BCUT2D eigenvalue weighted by atomic mass is 9.39. The Morgan fingerprint density at radius 2 is 1.74 bits per heavy atom.